The second kappa shape index (κ2) is 8.41. The summed E-state index contributed by atoms with van der Waals surface area (Å²) in [4.78, 5) is 4.27. The van der Waals surface area contributed by atoms with Crippen molar-refractivity contribution >= 4 is 0 Å². The zero-order valence-electron chi connectivity index (χ0n) is 13.1. The topological polar surface area (TPSA) is 24.9 Å². The van der Waals surface area contributed by atoms with Gasteiger partial charge in [-0.1, -0.05) is 39.2 Å². The van der Waals surface area contributed by atoms with Gasteiger partial charge in [-0.05, 0) is 61.7 Å². The number of nitrogens with one attached hydrogen (secondary N) is 1. The molecule has 0 radical (unpaired) electrons. The van der Waals surface area contributed by atoms with E-state index >= 15 is 0 Å². The van der Waals surface area contributed by atoms with Gasteiger partial charge in [0.05, 0.1) is 0 Å². The van der Waals surface area contributed by atoms with Gasteiger partial charge in [0.15, 0.2) is 0 Å². The molecule has 1 aliphatic rings. The molecule has 1 heterocycles. The minimum Gasteiger partial charge on any atom is -0.316 e. The molecule has 2 rings (SSSR count). The van der Waals surface area contributed by atoms with Crippen LogP contribution in [0.3, 0.4) is 0 Å². The smallest absolute Gasteiger partial charge is 0.0299 e. The molecule has 20 heavy (non-hydrogen) atoms. The van der Waals surface area contributed by atoms with Crippen molar-refractivity contribution in [3.63, 3.8) is 0 Å². The van der Waals surface area contributed by atoms with E-state index in [1.807, 2.05) is 12.4 Å². The first-order valence-electron chi connectivity index (χ1n) is 8.35. The maximum absolute atomic E-state index is 4.27. The summed E-state index contributed by atoms with van der Waals surface area (Å²) in [6, 6.07) is 4.30. The highest BCUT2D eigenvalue weighted by Crippen LogP contribution is 2.31. The van der Waals surface area contributed by atoms with E-state index in [0.29, 0.717) is 0 Å². The first kappa shape index (κ1) is 15.5. The standard InChI is InChI=1S/C18H30N2/c1-15(2)12-20-14-18-9-5-3-4-8-17(18)11-16-7-6-10-19-13-16/h6-7,10,13,15,17-18,20H,3-5,8-9,11-12,14H2,1-2H3. The van der Waals surface area contributed by atoms with Gasteiger partial charge >= 0.3 is 0 Å². The zero-order chi connectivity index (χ0) is 14.2. The van der Waals surface area contributed by atoms with Crippen LogP contribution in [0.4, 0.5) is 0 Å². The van der Waals surface area contributed by atoms with Gasteiger partial charge in [-0.25, -0.2) is 0 Å². The van der Waals surface area contributed by atoms with Crippen LogP contribution in [0.25, 0.3) is 0 Å². The van der Waals surface area contributed by atoms with E-state index in [0.717, 1.165) is 24.3 Å². The van der Waals surface area contributed by atoms with Crippen molar-refractivity contribution in [2.24, 2.45) is 17.8 Å². The quantitative estimate of drug-likeness (QED) is 0.791. The molecule has 0 bridgehead atoms. The van der Waals surface area contributed by atoms with Gasteiger partial charge in [-0.15, -0.1) is 0 Å². The third-order valence-electron chi connectivity index (χ3n) is 4.50. The van der Waals surface area contributed by atoms with Gasteiger partial charge in [0.25, 0.3) is 0 Å². The second-order valence-electron chi connectivity index (χ2n) is 6.78. The van der Waals surface area contributed by atoms with Crippen molar-refractivity contribution in [3.8, 4) is 0 Å². The van der Waals surface area contributed by atoms with Crippen molar-refractivity contribution in [2.75, 3.05) is 13.1 Å². The summed E-state index contributed by atoms with van der Waals surface area (Å²) in [5.41, 5.74) is 1.41. The maximum Gasteiger partial charge on any atom is 0.0299 e. The van der Waals surface area contributed by atoms with E-state index in [2.05, 4.69) is 36.3 Å². The van der Waals surface area contributed by atoms with Gasteiger partial charge in [-0.2, -0.15) is 0 Å². The summed E-state index contributed by atoms with van der Waals surface area (Å²) in [5.74, 6) is 2.43. The molecule has 0 aromatic carbocycles. The minimum absolute atomic E-state index is 0.748. The predicted octanol–water partition coefficient (Wildman–Crippen LogP) is 4.07. The highest BCUT2D eigenvalue weighted by atomic mass is 14.9. The Kier molecular flexibility index (Phi) is 6.52. The number of aromatic nitrogens is 1. The average molecular weight is 274 g/mol. The Bertz CT molecular complexity index is 361. The molecule has 1 aromatic heterocycles. The van der Waals surface area contributed by atoms with Crippen LogP contribution in [0.5, 0.6) is 0 Å². The lowest BCUT2D eigenvalue weighted by Crippen LogP contribution is -2.31. The molecule has 2 atom stereocenters. The Morgan fingerprint density at radius 2 is 2.00 bits per heavy atom. The van der Waals surface area contributed by atoms with E-state index in [1.165, 1.54) is 50.6 Å². The molecule has 1 aliphatic carbocycles. The molecule has 1 N–H and O–H groups in total. The summed E-state index contributed by atoms with van der Waals surface area (Å²) < 4.78 is 0. The number of pyridine rings is 1. The van der Waals surface area contributed by atoms with Crippen LogP contribution in [0.2, 0.25) is 0 Å². The van der Waals surface area contributed by atoms with Crippen LogP contribution in [-0.2, 0) is 6.42 Å². The molecular weight excluding hydrogens is 244 g/mol. The van der Waals surface area contributed by atoms with Gasteiger partial charge in [0.1, 0.15) is 0 Å². The lowest BCUT2D eigenvalue weighted by molar-refractivity contribution is 0.293. The number of hydrogen-bond acceptors (Lipinski definition) is 2. The maximum atomic E-state index is 4.27. The lowest BCUT2D eigenvalue weighted by atomic mass is 9.83. The fraction of sp³-hybridized carbons (Fsp3) is 0.722. The largest absolute Gasteiger partial charge is 0.316 e. The lowest BCUT2D eigenvalue weighted by Gasteiger charge is -2.26. The van der Waals surface area contributed by atoms with Crippen molar-refractivity contribution in [3.05, 3.63) is 30.1 Å². The summed E-state index contributed by atoms with van der Waals surface area (Å²) >= 11 is 0. The molecule has 112 valence electrons. The molecule has 1 saturated carbocycles. The number of rotatable bonds is 6. The second-order valence-corrected chi connectivity index (χ2v) is 6.78. The molecular formula is C18H30N2. The van der Waals surface area contributed by atoms with Crippen LogP contribution >= 0.6 is 0 Å². The summed E-state index contributed by atoms with van der Waals surface area (Å²) in [7, 11) is 0. The Labute approximate surface area is 124 Å². The van der Waals surface area contributed by atoms with Crippen LogP contribution in [0.15, 0.2) is 24.5 Å². The fourth-order valence-electron chi connectivity index (χ4n) is 3.38. The third-order valence-corrected chi connectivity index (χ3v) is 4.50. The molecule has 2 unspecified atom stereocenters. The first-order chi connectivity index (χ1) is 9.75. The minimum atomic E-state index is 0.748. The van der Waals surface area contributed by atoms with Gasteiger partial charge in [-0.3, -0.25) is 4.98 Å². The molecule has 2 nitrogen and oxygen atoms in total. The molecule has 0 amide bonds. The van der Waals surface area contributed by atoms with Gasteiger partial charge in [0.2, 0.25) is 0 Å². The summed E-state index contributed by atoms with van der Waals surface area (Å²) in [6.07, 6.45) is 12.2. The van der Waals surface area contributed by atoms with Gasteiger partial charge < -0.3 is 5.32 Å². The van der Waals surface area contributed by atoms with E-state index < -0.39 is 0 Å². The Morgan fingerprint density at radius 3 is 2.70 bits per heavy atom. The van der Waals surface area contributed by atoms with Gasteiger partial charge in [0, 0.05) is 12.4 Å². The molecule has 2 heteroatoms. The zero-order valence-corrected chi connectivity index (χ0v) is 13.1. The SMILES string of the molecule is CC(C)CNCC1CCCCCC1Cc1cccnc1. The fourth-order valence-corrected chi connectivity index (χ4v) is 3.38. The van der Waals surface area contributed by atoms with E-state index in [-0.39, 0.29) is 0 Å². The predicted molar refractivity (Wildman–Crippen MR) is 85.7 cm³/mol. The summed E-state index contributed by atoms with van der Waals surface area (Å²) in [5, 5.41) is 3.68. The molecule has 0 spiro atoms. The Balaban J connectivity index is 1.90. The highest BCUT2D eigenvalue weighted by molar-refractivity contribution is 5.09. The Hall–Kier alpha value is -0.890. The molecule has 0 saturated heterocycles. The van der Waals surface area contributed by atoms with E-state index in [1.54, 1.807) is 0 Å². The Morgan fingerprint density at radius 1 is 1.20 bits per heavy atom. The highest BCUT2D eigenvalue weighted by Gasteiger charge is 2.23. The van der Waals surface area contributed by atoms with Crippen molar-refractivity contribution in [1.82, 2.24) is 10.3 Å². The number of hydrogen-bond donors (Lipinski definition) is 1. The number of nitrogens with zero attached hydrogens (tertiary/aromatic N) is 1. The first-order valence-corrected chi connectivity index (χ1v) is 8.35. The average Bonchev–Trinajstić information content (AvgIpc) is 2.65. The van der Waals surface area contributed by atoms with Crippen LogP contribution in [0.1, 0.15) is 51.5 Å². The van der Waals surface area contributed by atoms with E-state index in [4.69, 9.17) is 0 Å². The van der Waals surface area contributed by atoms with Crippen molar-refractivity contribution in [2.45, 2.75) is 52.4 Å². The van der Waals surface area contributed by atoms with Crippen LogP contribution in [0, 0.1) is 17.8 Å². The van der Waals surface area contributed by atoms with Crippen LogP contribution in [-0.4, -0.2) is 18.1 Å². The summed E-state index contributed by atoms with van der Waals surface area (Å²) in [6.45, 7) is 6.92. The van der Waals surface area contributed by atoms with E-state index in [9.17, 15) is 0 Å². The normalized spacial score (nSPS) is 23.8. The molecule has 1 fully saturated rings. The van der Waals surface area contributed by atoms with Crippen molar-refractivity contribution < 1.29 is 0 Å². The van der Waals surface area contributed by atoms with Crippen molar-refractivity contribution in [1.29, 1.82) is 0 Å². The molecule has 0 aliphatic heterocycles. The third kappa shape index (κ3) is 5.24. The monoisotopic (exact) mass is 274 g/mol. The molecule has 1 aromatic rings. The van der Waals surface area contributed by atoms with Crippen LogP contribution < -0.4 is 5.32 Å².